The molecule has 110 valence electrons. The van der Waals surface area contributed by atoms with E-state index in [0.29, 0.717) is 11.7 Å². The molecule has 1 fully saturated rings. The van der Waals surface area contributed by atoms with Crippen molar-refractivity contribution in [2.24, 2.45) is 5.92 Å². The maximum Gasteiger partial charge on any atom is 0.312 e. The number of piperidine rings is 1. The second-order valence-electron chi connectivity index (χ2n) is 5.27. The summed E-state index contributed by atoms with van der Waals surface area (Å²) < 4.78 is 4.99. The summed E-state index contributed by atoms with van der Waals surface area (Å²) in [7, 11) is 3.57. The van der Waals surface area contributed by atoms with E-state index in [0.717, 1.165) is 25.3 Å². The SMILES string of the molecule is COc1ccc(NCC2CCN(C)CC2)cc1[N+](=O)[O-]. The van der Waals surface area contributed by atoms with E-state index in [1.54, 1.807) is 6.07 Å². The normalized spacial score (nSPS) is 16.9. The van der Waals surface area contributed by atoms with Gasteiger partial charge in [0.25, 0.3) is 0 Å². The third-order valence-corrected chi connectivity index (χ3v) is 3.81. The fourth-order valence-electron chi connectivity index (χ4n) is 2.47. The van der Waals surface area contributed by atoms with E-state index in [2.05, 4.69) is 17.3 Å². The fraction of sp³-hybridized carbons (Fsp3) is 0.571. The van der Waals surface area contributed by atoms with Gasteiger partial charge >= 0.3 is 5.69 Å². The first-order valence-corrected chi connectivity index (χ1v) is 6.85. The zero-order chi connectivity index (χ0) is 14.5. The molecule has 1 N–H and O–H groups in total. The Balaban J connectivity index is 1.96. The van der Waals surface area contributed by atoms with Crippen molar-refractivity contribution >= 4 is 11.4 Å². The topological polar surface area (TPSA) is 67.6 Å². The molecule has 1 aliphatic heterocycles. The Kier molecular flexibility index (Phi) is 4.79. The number of anilines is 1. The van der Waals surface area contributed by atoms with Gasteiger partial charge in [0, 0.05) is 18.3 Å². The van der Waals surface area contributed by atoms with Crippen LogP contribution in [0.5, 0.6) is 5.75 Å². The number of nitro benzene ring substituents is 1. The lowest BCUT2D eigenvalue weighted by molar-refractivity contribution is -0.385. The van der Waals surface area contributed by atoms with Gasteiger partial charge in [0.2, 0.25) is 0 Å². The number of nitrogens with one attached hydrogen (secondary N) is 1. The summed E-state index contributed by atoms with van der Waals surface area (Å²) >= 11 is 0. The van der Waals surface area contributed by atoms with E-state index in [4.69, 9.17) is 4.74 Å². The molecule has 0 radical (unpaired) electrons. The number of benzene rings is 1. The summed E-state index contributed by atoms with van der Waals surface area (Å²) in [5.41, 5.74) is 0.775. The first kappa shape index (κ1) is 14.6. The molecule has 0 amide bonds. The molecule has 6 nitrogen and oxygen atoms in total. The minimum Gasteiger partial charge on any atom is -0.490 e. The molecule has 6 heteroatoms. The van der Waals surface area contributed by atoms with E-state index in [1.165, 1.54) is 26.0 Å². The smallest absolute Gasteiger partial charge is 0.312 e. The van der Waals surface area contributed by atoms with Crippen LogP contribution in [-0.2, 0) is 0 Å². The Bertz CT molecular complexity index is 471. The van der Waals surface area contributed by atoms with Crippen molar-refractivity contribution in [3.05, 3.63) is 28.3 Å². The summed E-state index contributed by atoms with van der Waals surface area (Å²) in [4.78, 5) is 12.9. The number of nitro groups is 1. The molecule has 2 rings (SSSR count). The van der Waals surface area contributed by atoms with E-state index in [-0.39, 0.29) is 5.69 Å². The second kappa shape index (κ2) is 6.56. The minimum atomic E-state index is -0.417. The van der Waals surface area contributed by atoms with Crippen LogP contribution in [0.3, 0.4) is 0 Å². The van der Waals surface area contributed by atoms with Gasteiger partial charge in [-0.25, -0.2) is 0 Å². The Morgan fingerprint density at radius 1 is 1.45 bits per heavy atom. The quantitative estimate of drug-likeness (QED) is 0.662. The largest absolute Gasteiger partial charge is 0.490 e. The molecule has 20 heavy (non-hydrogen) atoms. The molecule has 0 spiro atoms. The first-order chi connectivity index (χ1) is 9.60. The van der Waals surface area contributed by atoms with Crippen LogP contribution in [-0.4, -0.2) is 43.6 Å². The number of methoxy groups -OCH3 is 1. The van der Waals surface area contributed by atoms with Crippen molar-refractivity contribution in [1.82, 2.24) is 4.90 Å². The molecular weight excluding hydrogens is 258 g/mol. The van der Waals surface area contributed by atoms with Gasteiger partial charge in [-0.05, 0) is 51.0 Å². The van der Waals surface area contributed by atoms with E-state index < -0.39 is 4.92 Å². The zero-order valence-corrected chi connectivity index (χ0v) is 12.0. The summed E-state index contributed by atoms with van der Waals surface area (Å²) in [5.74, 6) is 0.923. The van der Waals surface area contributed by atoms with Crippen LogP contribution >= 0.6 is 0 Å². The first-order valence-electron chi connectivity index (χ1n) is 6.85. The van der Waals surface area contributed by atoms with Crippen LogP contribution in [0.1, 0.15) is 12.8 Å². The summed E-state index contributed by atoms with van der Waals surface area (Å²) in [6.07, 6.45) is 2.34. The molecule has 0 saturated carbocycles. The predicted octanol–water partition coefficient (Wildman–Crippen LogP) is 2.36. The van der Waals surface area contributed by atoms with Crippen molar-refractivity contribution in [2.75, 3.05) is 39.1 Å². The highest BCUT2D eigenvalue weighted by Crippen LogP contribution is 2.30. The highest BCUT2D eigenvalue weighted by molar-refractivity contribution is 5.58. The van der Waals surface area contributed by atoms with Crippen molar-refractivity contribution < 1.29 is 9.66 Å². The van der Waals surface area contributed by atoms with E-state index >= 15 is 0 Å². The Labute approximate surface area is 118 Å². The third kappa shape index (κ3) is 3.60. The van der Waals surface area contributed by atoms with Gasteiger partial charge in [-0.3, -0.25) is 10.1 Å². The summed E-state index contributed by atoms with van der Waals surface area (Å²) in [5, 5.41) is 14.3. The molecule has 1 aromatic rings. The number of likely N-dealkylation sites (tertiary alicyclic amines) is 1. The van der Waals surface area contributed by atoms with Crippen LogP contribution in [0.4, 0.5) is 11.4 Å². The number of nitrogens with zero attached hydrogens (tertiary/aromatic N) is 2. The lowest BCUT2D eigenvalue weighted by Crippen LogP contribution is -2.32. The highest BCUT2D eigenvalue weighted by Gasteiger charge is 2.18. The van der Waals surface area contributed by atoms with Gasteiger partial charge in [0.1, 0.15) is 0 Å². The van der Waals surface area contributed by atoms with Crippen molar-refractivity contribution in [2.45, 2.75) is 12.8 Å². The van der Waals surface area contributed by atoms with Crippen LogP contribution in [0.25, 0.3) is 0 Å². The maximum atomic E-state index is 11.0. The van der Waals surface area contributed by atoms with Crippen molar-refractivity contribution in [3.63, 3.8) is 0 Å². The van der Waals surface area contributed by atoms with Crippen molar-refractivity contribution in [1.29, 1.82) is 0 Å². The Morgan fingerprint density at radius 3 is 2.75 bits per heavy atom. The van der Waals surface area contributed by atoms with Gasteiger partial charge in [0.05, 0.1) is 12.0 Å². The molecule has 1 saturated heterocycles. The van der Waals surface area contributed by atoms with E-state index in [1.807, 2.05) is 6.07 Å². The number of hydrogen-bond donors (Lipinski definition) is 1. The fourth-order valence-corrected chi connectivity index (χ4v) is 2.47. The average Bonchev–Trinajstić information content (AvgIpc) is 2.46. The van der Waals surface area contributed by atoms with Gasteiger partial charge in [-0.2, -0.15) is 0 Å². The molecule has 1 heterocycles. The predicted molar refractivity (Wildman–Crippen MR) is 78.4 cm³/mol. The van der Waals surface area contributed by atoms with Gasteiger partial charge in [-0.15, -0.1) is 0 Å². The molecule has 1 aliphatic rings. The van der Waals surface area contributed by atoms with Crippen LogP contribution in [0.2, 0.25) is 0 Å². The zero-order valence-electron chi connectivity index (χ0n) is 12.0. The minimum absolute atomic E-state index is 0.000812. The second-order valence-corrected chi connectivity index (χ2v) is 5.27. The monoisotopic (exact) mass is 279 g/mol. The Hall–Kier alpha value is -1.82. The van der Waals surface area contributed by atoms with Crippen LogP contribution in [0, 0.1) is 16.0 Å². The highest BCUT2D eigenvalue weighted by atomic mass is 16.6. The number of ether oxygens (including phenoxy) is 1. The third-order valence-electron chi connectivity index (χ3n) is 3.81. The number of rotatable bonds is 5. The molecule has 0 aromatic heterocycles. The lowest BCUT2D eigenvalue weighted by Gasteiger charge is -2.29. The van der Waals surface area contributed by atoms with Crippen LogP contribution in [0.15, 0.2) is 18.2 Å². The molecule has 0 atom stereocenters. The van der Waals surface area contributed by atoms with Gasteiger partial charge in [-0.1, -0.05) is 0 Å². The maximum absolute atomic E-state index is 11.0. The molecule has 0 unspecified atom stereocenters. The molecule has 0 bridgehead atoms. The molecule has 0 aliphatic carbocycles. The van der Waals surface area contributed by atoms with Gasteiger partial charge in [0.15, 0.2) is 5.75 Å². The standard InChI is InChI=1S/C14H21N3O3/c1-16-7-5-11(6-8-16)10-15-12-3-4-14(20-2)13(9-12)17(18)19/h3-4,9,11,15H,5-8,10H2,1-2H3. The lowest BCUT2D eigenvalue weighted by atomic mass is 9.97. The van der Waals surface area contributed by atoms with E-state index in [9.17, 15) is 10.1 Å². The summed E-state index contributed by atoms with van der Waals surface area (Å²) in [6.45, 7) is 3.10. The van der Waals surface area contributed by atoms with Crippen molar-refractivity contribution in [3.8, 4) is 5.75 Å². The summed E-state index contributed by atoms with van der Waals surface area (Å²) in [6, 6.07) is 4.99. The Morgan fingerprint density at radius 2 is 2.15 bits per heavy atom. The average molecular weight is 279 g/mol. The number of hydrogen-bond acceptors (Lipinski definition) is 5. The van der Waals surface area contributed by atoms with Gasteiger partial charge < -0.3 is 15.0 Å². The molecular formula is C14H21N3O3. The molecule has 1 aromatic carbocycles. The van der Waals surface area contributed by atoms with Crippen LogP contribution < -0.4 is 10.1 Å².